The van der Waals surface area contributed by atoms with E-state index in [-0.39, 0.29) is 5.56 Å². The van der Waals surface area contributed by atoms with E-state index in [1.807, 2.05) is 22.8 Å². The van der Waals surface area contributed by atoms with Crippen LogP contribution >= 0.6 is 11.8 Å². The first-order chi connectivity index (χ1) is 15.5. The quantitative estimate of drug-likeness (QED) is 0.340. The first-order valence-electron chi connectivity index (χ1n) is 10.0. The highest BCUT2D eigenvalue weighted by molar-refractivity contribution is 7.99. The second-order valence-electron chi connectivity index (χ2n) is 7.38. The van der Waals surface area contributed by atoms with Crippen LogP contribution in [0.3, 0.4) is 0 Å². The highest BCUT2D eigenvalue weighted by Gasteiger charge is 2.23. The number of nitrogens with zero attached hydrogens (tertiary/aromatic N) is 3. The highest BCUT2D eigenvalue weighted by Crippen LogP contribution is 2.33. The second-order valence-corrected chi connectivity index (χ2v) is 8.45. The topological polar surface area (TPSA) is 84.6 Å². The lowest BCUT2D eigenvalue weighted by Gasteiger charge is -2.13. The lowest BCUT2D eigenvalue weighted by molar-refractivity contribution is 0.0600. The molecular formula is C23H21N3O5S. The maximum absolute atomic E-state index is 13.5. The number of esters is 1. The Morgan fingerprint density at radius 2 is 1.97 bits per heavy atom. The van der Waals surface area contributed by atoms with Gasteiger partial charge >= 0.3 is 5.97 Å². The molecule has 4 aromatic rings. The number of methoxy groups -OCH3 is 3. The molecule has 32 heavy (non-hydrogen) atoms. The van der Waals surface area contributed by atoms with Gasteiger partial charge in [-0.15, -0.1) is 0 Å². The Morgan fingerprint density at radius 3 is 2.72 bits per heavy atom. The van der Waals surface area contributed by atoms with Crippen molar-refractivity contribution in [2.24, 2.45) is 0 Å². The van der Waals surface area contributed by atoms with E-state index in [1.165, 1.54) is 7.11 Å². The summed E-state index contributed by atoms with van der Waals surface area (Å²) < 4.78 is 19.5. The van der Waals surface area contributed by atoms with Gasteiger partial charge in [0.05, 0.1) is 39.0 Å². The summed E-state index contributed by atoms with van der Waals surface area (Å²) in [5.41, 5.74) is 3.11. The molecular weight excluding hydrogens is 430 g/mol. The zero-order valence-corrected chi connectivity index (χ0v) is 18.7. The van der Waals surface area contributed by atoms with Crippen molar-refractivity contribution in [2.75, 3.05) is 27.1 Å². The fraction of sp³-hybridized carbons (Fsp3) is 0.261. The largest absolute Gasteiger partial charge is 0.497 e. The molecule has 0 N–H and O–H groups in total. The average Bonchev–Trinajstić information content (AvgIpc) is 3.42. The van der Waals surface area contributed by atoms with Gasteiger partial charge in [0.1, 0.15) is 22.5 Å². The summed E-state index contributed by atoms with van der Waals surface area (Å²) in [5.74, 6) is 1.70. The molecule has 0 amide bonds. The Morgan fingerprint density at radius 1 is 1.12 bits per heavy atom. The fourth-order valence-corrected chi connectivity index (χ4v) is 5.10. The predicted octanol–water partition coefficient (Wildman–Crippen LogP) is 3.31. The van der Waals surface area contributed by atoms with E-state index in [1.54, 1.807) is 48.7 Å². The van der Waals surface area contributed by atoms with Crippen LogP contribution in [0.25, 0.3) is 21.9 Å². The molecule has 164 valence electrons. The molecule has 0 saturated heterocycles. The van der Waals surface area contributed by atoms with Crippen molar-refractivity contribution in [3.05, 3.63) is 57.9 Å². The number of ether oxygens (including phenoxy) is 3. The van der Waals surface area contributed by atoms with Crippen molar-refractivity contribution in [1.82, 2.24) is 14.1 Å². The second kappa shape index (κ2) is 7.90. The van der Waals surface area contributed by atoms with Gasteiger partial charge < -0.3 is 18.8 Å². The zero-order valence-electron chi connectivity index (χ0n) is 17.9. The average molecular weight is 452 g/mol. The summed E-state index contributed by atoms with van der Waals surface area (Å²) >= 11 is 1.58. The Hall–Kier alpha value is -3.46. The van der Waals surface area contributed by atoms with Gasteiger partial charge in [0, 0.05) is 23.2 Å². The number of thioether (sulfide) groups is 1. The van der Waals surface area contributed by atoms with Gasteiger partial charge in [-0.1, -0.05) is 11.8 Å². The van der Waals surface area contributed by atoms with E-state index >= 15 is 0 Å². The molecule has 9 heteroatoms. The monoisotopic (exact) mass is 451 g/mol. The number of hydrogen-bond donors (Lipinski definition) is 0. The summed E-state index contributed by atoms with van der Waals surface area (Å²) in [6.45, 7) is 0.956. The number of benzene rings is 2. The maximum atomic E-state index is 13.5. The number of hydrogen-bond acceptors (Lipinski definition) is 7. The molecule has 8 nitrogen and oxygen atoms in total. The lowest BCUT2D eigenvalue weighted by Crippen LogP contribution is -2.22. The summed E-state index contributed by atoms with van der Waals surface area (Å²) in [7, 11) is 4.53. The number of aromatic nitrogens is 3. The molecule has 0 radical (unpaired) electrons. The van der Waals surface area contributed by atoms with Crippen LogP contribution in [0.15, 0.2) is 46.3 Å². The smallest absolute Gasteiger partial charge is 0.337 e. The van der Waals surface area contributed by atoms with Crippen LogP contribution in [0.4, 0.5) is 0 Å². The standard InChI is InChI=1S/C23H21N3O5S/c1-29-15-5-6-17-16(11-15)19-20(21(27)25-8-9-32-23(25)24-19)26(17)12-14-10-13(22(28)31-3)4-7-18(14)30-2/h4-7,10-11H,8-9,12H2,1-3H3. The number of carbonyl (C=O) groups excluding carboxylic acids is 1. The fourth-order valence-electron chi connectivity index (χ4n) is 4.16. The molecule has 0 aliphatic carbocycles. The number of fused-ring (bicyclic) bond motifs is 4. The third kappa shape index (κ3) is 3.12. The van der Waals surface area contributed by atoms with Crippen molar-refractivity contribution < 1.29 is 19.0 Å². The molecule has 0 saturated carbocycles. The zero-order chi connectivity index (χ0) is 22.4. The van der Waals surface area contributed by atoms with Gasteiger partial charge in [0.2, 0.25) is 0 Å². The minimum Gasteiger partial charge on any atom is -0.497 e. The van der Waals surface area contributed by atoms with Crippen LogP contribution in [0, 0.1) is 0 Å². The van der Waals surface area contributed by atoms with Gasteiger partial charge in [-0.2, -0.15) is 0 Å². The molecule has 0 atom stereocenters. The van der Waals surface area contributed by atoms with Crippen molar-refractivity contribution in [2.45, 2.75) is 18.2 Å². The summed E-state index contributed by atoms with van der Waals surface area (Å²) in [4.78, 5) is 30.4. The maximum Gasteiger partial charge on any atom is 0.337 e. The van der Waals surface area contributed by atoms with Gasteiger partial charge in [-0.3, -0.25) is 9.36 Å². The minimum atomic E-state index is -0.433. The molecule has 0 bridgehead atoms. The molecule has 2 aromatic carbocycles. The SMILES string of the molecule is COC(=O)c1ccc(OC)c(Cn2c3ccc(OC)cc3c3nc4n(c(=O)c32)CCS4)c1. The summed E-state index contributed by atoms with van der Waals surface area (Å²) in [6.07, 6.45) is 0. The van der Waals surface area contributed by atoms with Crippen LogP contribution in [0.5, 0.6) is 11.5 Å². The van der Waals surface area contributed by atoms with Crippen molar-refractivity contribution in [3.8, 4) is 11.5 Å². The van der Waals surface area contributed by atoms with Gasteiger partial charge in [0.25, 0.3) is 5.56 Å². The van der Waals surface area contributed by atoms with Crippen LogP contribution in [0.1, 0.15) is 15.9 Å². The normalized spacial score (nSPS) is 12.8. The Kier molecular flexibility index (Phi) is 5.05. The van der Waals surface area contributed by atoms with Crippen molar-refractivity contribution >= 4 is 39.7 Å². The molecule has 0 spiro atoms. The van der Waals surface area contributed by atoms with Crippen LogP contribution in [-0.4, -0.2) is 47.2 Å². The number of carbonyl (C=O) groups is 1. The molecule has 5 rings (SSSR count). The Balaban J connectivity index is 1.79. The number of rotatable bonds is 5. The van der Waals surface area contributed by atoms with Crippen LogP contribution in [-0.2, 0) is 17.8 Å². The van der Waals surface area contributed by atoms with Gasteiger partial charge in [-0.05, 0) is 36.4 Å². The third-order valence-corrected chi connectivity index (χ3v) is 6.66. The minimum absolute atomic E-state index is 0.0757. The van der Waals surface area contributed by atoms with E-state index < -0.39 is 5.97 Å². The first-order valence-corrected chi connectivity index (χ1v) is 11.0. The van der Waals surface area contributed by atoms with E-state index in [0.29, 0.717) is 41.2 Å². The molecule has 0 unspecified atom stereocenters. The van der Waals surface area contributed by atoms with Gasteiger partial charge in [0.15, 0.2) is 5.16 Å². The van der Waals surface area contributed by atoms with Crippen molar-refractivity contribution in [3.63, 3.8) is 0 Å². The van der Waals surface area contributed by atoms with E-state index in [2.05, 4.69) is 0 Å². The van der Waals surface area contributed by atoms with E-state index in [0.717, 1.165) is 27.4 Å². The molecule has 1 aliphatic heterocycles. The Bertz CT molecular complexity index is 1440. The molecule has 0 fully saturated rings. The van der Waals surface area contributed by atoms with Crippen LogP contribution in [0.2, 0.25) is 0 Å². The summed E-state index contributed by atoms with van der Waals surface area (Å²) in [6, 6.07) is 10.8. The predicted molar refractivity (Wildman–Crippen MR) is 122 cm³/mol. The lowest BCUT2D eigenvalue weighted by atomic mass is 10.1. The van der Waals surface area contributed by atoms with Gasteiger partial charge in [-0.25, -0.2) is 9.78 Å². The summed E-state index contributed by atoms with van der Waals surface area (Å²) in [5, 5.41) is 1.57. The molecule has 3 heterocycles. The molecule has 1 aliphatic rings. The molecule has 2 aromatic heterocycles. The third-order valence-electron chi connectivity index (χ3n) is 5.71. The first kappa shape index (κ1) is 20.4. The Labute approximate surface area is 187 Å². The van der Waals surface area contributed by atoms with E-state index in [9.17, 15) is 9.59 Å². The van der Waals surface area contributed by atoms with E-state index in [4.69, 9.17) is 19.2 Å². The van der Waals surface area contributed by atoms with Crippen LogP contribution < -0.4 is 15.0 Å². The highest BCUT2D eigenvalue weighted by atomic mass is 32.2. The van der Waals surface area contributed by atoms with Crippen molar-refractivity contribution in [1.29, 1.82) is 0 Å².